The molecular formula is C11H12N4OS2. The summed E-state index contributed by atoms with van der Waals surface area (Å²) in [6, 6.07) is 2.30. The van der Waals surface area contributed by atoms with E-state index in [1.54, 1.807) is 0 Å². The fourth-order valence-electron chi connectivity index (χ4n) is 1.55. The Labute approximate surface area is 112 Å². The number of aromatic nitrogens is 2. The average molecular weight is 280 g/mol. The summed E-state index contributed by atoms with van der Waals surface area (Å²) in [6.45, 7) is 0. The van der Waals surface area contributed by atoms with E-state index in [1.165, 1.54) is 23.1 Å². The number of nitrogens with one attached hydrogen (secondary N) is 1. The van der Waals surface area contributed by atoms with Crippen LogP contribution < -0.4 is 11.1 Å². The molecule has 0 aliphatic heterocycles. The van der Waals surface area contributed by atoms with Crippen LogP contribution in [-0.2, 0) is 4.79 Å². The van der Waals surface area contributed by atoms with Crippen molar-refractivity contribution in [3.63, 3.8) is 0 Å². The summed E-state index contributed by atoms with van der Waals surface area (Å²) in [6.07, 6.45) is 2.20. The van der Waals surface area contributed by atoms with E-state index in [1.807, 2.05) is 11.4 Å². The molecule has 1 amide bonds. The Bertz CT molecular complexity index is 594. The van der Waals surface area contributed by atoms with Gasteiger partial charge in [0.2, 0.25) is 5.91 Å². The van der Waals surface area contributed by atoms with Gasteiger partial charge in [0.05, 0.1) is 11.1 Å². The third-order valence-electron chi connectivity index (χ3n) is 2.61. The first-order valence-corrected chi connectivity index (χ1v) is 7.52. The number of carbonyl (C=O) groups is 1. The fraction of sp³-hybridized carbons (Fsp3) is 0.364. The van der Waals surface area contributed by atoms with Crippen molar-refractivity contribution in [3.8, 4) is 0 Å². The van der Waals surface area contributed by atoms with Gasteiger partial charge >= 0.3 is 0 Å². The predicted molar refractivity (Wildman–Crippen MR) is 73.7 cm³/mol. The second-order valence-corrected chi connectivity index (χ2v) is 6.00. The summed E-state index contributed by atoms with van der Waals surface area (Å²) in [5.41, 5.74) is 5.84. The molecule has 7 heteroatoms. The van der Waals surface area contributed by atoms with Crippen LogP contribution in [0.4, 0.5) is 5.82 Å². The van der Waals surface area contributed by atoms with Crippen LogP contribution in [0.3, 0.4) is 0 Å². The largest absolute Gasteiger partial charge is 0.383 e. The molecule has 2 heterocycles. The quantitative estimate of drug-likeness (QED) is 0.657. The lowest BCUT2D eigenvalue weighted by atomic mass is 10.4. The van der Waals surface area contributed by atoms with Gasteiger partial charge in [-0.05, 0) is 24.3 Å². The van der Waals surface area contributed by atoms with E-state index in [2.05, 4.69) is 15.3 Å². The lowest BCUT2D eigenvalue weighted by molar-refractivity contribution is -0.118. The number of nitrogens with zero attached hydrogens (tertiary/aromatic N) is 2. The SMILES string of the molecule is Nc1nc(SCC(=O)NC2CC2)nc2sccc12. The number of fused-ring (bicyclic) bond motifs is 1. The van der Waals surface area contributed by atoms with Crippen molar-refractivity contribution in [1.82, 2.24) is 15.3 Å². The first-order chi connectivity index (χ1) is 8.72. The van der Waals surface area contributed by atoms with E-state index in [0.717, 1.165) is 23.1 Å². The maximum Gasteiger partial charge on any atom is 0.230 e. The first-order valence-electron chi connectivity index (χ1n) is 5.65. The van der Waals surface area contributed by atoms with Crippen molar-refractivity contribution < 1.29 is 4.79 Å². The lowest BCUT2D eigenvalue weighted by Gasteiger charge is -2.03. The molecule has 2 aromatic heterocycles. The van der Waals surface area contributed by atoms with Crippen LogP contribution in [0.1, 0.15) is 12.8 Å². The minimum atomic E-state index is 0.0379. The lowest BCUT2D eigenvalue weighted by Crippen LogP contribution is -2.27. The van der Waals surface area contributed by atoms with E-state index in [4.69, 9.17) is 5.73 Å². The molecule has 3 N–H and O–H groups in total. The Morgan fingerprint density at radius 3 is 3.17 bits per heavy atom. The Hall–Kier alpha value is -1.34. The summed E-state index contributed by atoms with van der Waals surface area (Å²) < 4.78 is 0. The molecule has 94 valence electrons. The Kier molecular flexibility index (Phi) is 3.09. The summed E-state index contributed by atoms with van der Waals surface area (Å²) in [7, 11) is 0. The van der Waals surface area contributed by atoms with Gasteiger partial charge in [0.15, 0.2) is 5.16 Å². The second-order valence-electron chi connectivity index (χ2n) is 4.16. The van der Waals surface area contributed by atoms with Gasteiger partial charge in [0, 0.05) is 6.04 Å². The predicted octanol–water partition coefficient (Wildman–Crippen LogP) is 1.64. The zero-order chi connectivity index (χ0) is 12.5. The van der Waals surface area contributed by atoms with Crippen molar-refractivity contribution in [2.75, 3.05) is 11.5 Å². The number of hydrogen-bond donors (Lipinski definition) is 2. The maximum absolute atomic E-state index is 11.5. The van der Waals surface area contributed by atoms with Gasteiger partial charge < -0.3 is 11.1 Å². The number of amides is 1. The van der Waals surface area contributed by atoms with Gasteiger partial charge in [0.25, 0.3) is 0 Å². The molecule has 0 spiro atoms. The number of anilines is 1. The van der Waals surface area contributed by atoms with Gasteiger partial charge in [0.1, 0.15) is 10.6 Å². The highest BCUT2D eigenvalue weighted by molar-refractivity contribution is 7.99. The monoisotopic (exact) mass is 280 g/mol. The van der Waals surface area contributed by atoms with Gasteiger partial charge in [-0.1, -0.05) is 11.8 Å². The van der Waals surface area contributed by atoms with Gasteiger partial charge in [-0.3, -0.25) is 4.79 Å². The van der Waals surface area contributed by atoms with Crippen LogP contribution in [0.2, 0.25) is 0 Å². The normalized spacial score (nSPS) is 14.9. The van der Waals surface area contributed by atoms with E-state index in [9.17, 15) is 4.79 Å². The third-order valence-corrected chi connectivity index (χ3v) is 4.26. The highest BCUT2D eigenvalue weighted by Crippen LogP contribution is 2.26. The smallest absolute Gasteiger partial charge is 0.230 e. The van der Waals surface area contributed by atoms with Crippen LogP contribution >= 0.6 is 23.1 Å². The van der Waals surface area contributed by atoms with Crippen molar-refractivity contribution in [1.29, 1.82) is 0 Å². The molecule has 18 heavy (non-hydrogen) atoms. The van der Waals surface area contributed by atoms with E-state index in [0.29, 0.717) is 22.8 Å². The highest BCUT2D eigenvalue weighted by atomic mass is 32.2. The van der Waals surface area contributed by atoms with E-state index >= 15 is 0 Å². The van der Waals surface area contributed by atoms with Crippen molar-refractivity contribution in [2.24, 2.45) is 0 Å². The van der Waals surface area contributed by atoms with Gasteiger partial charge in [-0.15, -0.1) is 11.3 Å². The highest BCUT2D eigenvalue weighted by Gasteiger charge is 2.23. The number of hydrogen-bond acceptors (Lipinski definition) is 6. The fourth-order valence-corrected chi connectivity index (χ4v) is 3.04. The van der Waals surface area contributed by atoms with Gasteiger partial charge in [-0.25, -0.2) is 9.97 Å². The van der Waals surface area contributed by atoms with Crippen molar-refractivity contribution in [2.45, 2.75) is 24.0 Å². The Morgan fingerprint density at radius 2 is 2.39 bits per heavy atom. The zero-order valence-electron chi connectivity index (χ0n) is 9.55. The number of rotatable bonds is 4. The van der Waals surface area contributed by atoms with Gasteiger partial charge in [-0.2, -0.15) is 0 Å². The van der Waals surface area contributed by atoms with Crippen molar-refractivity contribution >= 4 is 45.0 Å². The maximum atomic E-state index is 11.5. The molecule has 0 radical (unpaired) electrons. The molecule has 0 aromatic carbocycles. The Morgan fingerprint density at radius 1 is 1.56 bits per heavy atom. The molecule has 3 rings (SSSR count). The van der Waals surface area contributed by atoms with Crippen molar-refractivity contribution in [3.05, 3.63) is 11.4 Å². The molecule has 0 atom stereocenters. The van der Waals surface area contributed by atoms with Crippen LogP contribution in [-0.4, -0.2) is 27.7 Å². The number of nitrogen functional groups attached to an aromatic ring is 1. The summed E-state index contributed by atoms with van der Waals surface area (Å²) in [4.78, 5) is 21.0. The molecule has 0 unspecified atom stereocenters. The van der Waals surface area contributed by atoms with Crippen LogP contribution in [0.15, 0.2) is 16.6 Å². The number of carbonyl (C=O) groups excluding carboxylic acids is 1. The summed E-state index contributed by atoms with van der Waals surface area (Å²) in [5.74, 6) is 0.856. The first kappa shape index (κ1) is 11.7. The molecule has 1 fully saturated rings. The average Bonchev–Trinajstić information content (AvgIpc) is 3.01. The number of nitrogens with two attached hydrogens (primary N) is 1. The standard InChI is InChI=1S/C11H12N4OS2/c12-9-7-3-4-17-10(7)15-11(14-9)18-5-8(16)13-6-1-2-6/h3-4,6H,1-2,5H2,(H,13,16)(H2,12,14,15). The molecule has 1 aliphatic rings. The molecule has 2 aromatic rings. The second kappa shape index (κ2) is 4.74. The van der Waals surface area contributed by atoms with E-state index < -0.39 is 0 Å². The topological polar surface area (TPSA) is 80.9 Å². The number of thioether (sulfide) groups is 1. The molecular weight excluding hydrogens is 268 g/mol. The summed E-state index contributed by atoms with van der Waals surface area (Å²) >= 11 is 2.85. The number of thiophene rings is 1. The molecule has 0 bridgehead atoms. The summed E-state index contributed by atoms with van der Waals surface area (Å²) in [5, 5.41) is 6.31. The minimum absolute atomic E-state index is 0.0379. The van der Waals surface area contributed by atoms with E-state index in [-0.39, 0.29) is 5.91 Å². The zero-order valence-corrected chi connectivity index (χ0v) is 11.2. The molecule has 5 nitrogen and oxygen atoms in total. The minimum Gasteiger partial charge on any atom is -0.383 e. The molecule has 1 saturated carbocycles. The van der Waals surface area contributed by atoms with Crippen LogP contribution in [0, 0.1) is 0 Å². The molecule has 1 aliphatic carbocycles. The Balaban J connectivity index is 1.67. The van der Waals surface area contributed by atoms with Crippen LogP contribution in [0.25, 0.3) is 10.2 Å². The third kappa shape index (κ3) is 2.56. The molecule has 0 saturated heterocycles. The van der Waals surface area contributed by atoms with Crippen LogP contribution in [0.5, 0.6) is 0 Å².